The highest BCUT2D eigenvalue weighted by molar-refractivity contribution is 6.03. The Balaban J connectivity index is 1.34. The maximum atomic E-state index is 14.5. The Labute approximate surface area is 339 Å². The van der Waals surface area contributed by atoms with Crippen molar-refractivity contribution in [3.05, 3.63) is 108 Å². The number of ether oxygens (including phenoxy) is 5. The van der Waals surface area contributed by atoms with E-state index in [9.17, 15) is 19.8 Å². The number of hydrogen-bond donors (Lipinski definition) is 3. The number of aliphatic hydroxyl groups excluding tert-OH is 2. The summed E-state index contributed by atoms with van der Waals surface area (Å²) < 4.78 is 31.1. The summed E-state index contributed by atoms with van der Waals surface area (Å²) in [5, 5.41) is 27.1. The molecule has 6 unspecified atom stereocenters. The van der Waals surface area contributed by atoms with E-state index in [0.717, 1.165) is 42.4 Å². The highest BCUT2D eigenvalue weighted by Gasteiger charge is 2.65. The number of nitrogens with zero attached hydrogens (tertiary/aromatic N) is 2. The number of hydrogen-bond acceptors (Lipinski definition) is 11. The van der Waals surface area contributed by atoms with Crippen LogP contribution in [0.15, 0.2) is 96.2 Å². The number of rotatable bonds is 17. The molecule has 0 spiro atoms. The Morgan fingerprint density at radius 2 is 1.74 bits per heavy atom. The highest BCUT2D eigenvalue weighted by atomic mass is 16.7. The van der Waals surface area contributed by atoms with Crippen LogP contribution in [0.4, 0.5) is 4.79 Å². The molecule has 6 atom stereocenters. The van der Waals surface area contributed by atoms with Crippen molar-refractivity contribution in [2.75, 3.05) is 40.8 Å². The summed E-state index contributed by atoms with van der Waals surface area (Å²) in [7, 11) is 3.25. The van der Waals surface area contributed by atoms with Gasteiger partial charge in [-0.05, 0) is 85.1 Å². The molecular formula is C45H53N3O10. The SMILES string of the molecule is C=CCOC12Oc3ccc(OC(=O)NCc4ccccc4)cc3C3C(CCCCO)C(CCCCO)C=C(C(=NOC)CC1N(C)C(=O)c1ccc4c(c1)OCO4)C32. The van der Waals surface area contributed by atoms with Crippen LogP contribution in [-0.2, 0) is 16.1 Å². The first kappa shape index (κ1) is 40.8. The summed E-state index contributed by atoms with van der Waals surface area (Å²) in [6.45, 7) is 4.65. The van der Waals surface area contributed by atoms with Crippen molar-refractivity contribution in [3.63, 3.8) is 0 Å². The van der Waals surface area contributed by atoms with Gasteiger partial charge in [-0.15, -0.1) is 6.58 Å². The van der Waals surface area contributed by atoms with Crippen molar-refractivity contribution >= 4 is 17.7 Å². The number of nitrogens with one attached hydrogen (secondary N) is 1. The summed E-state index contributed by atoms with van der Waals surface area (Å²) in [4.78, 5) is 34.9. The van der Waals surface area contributed by atoms with E-state index < -0.39 is 23.8 Å². The number of allylic oxidation sites excluding steroid dienone is 1. The lowest BCUT2D eigenvalue weighted by molar-refractivity contribution is -0.252. The molecule has 1 saturated carbocycles. The molecule has 3 aromatic carbocycles. The third-order valence-corrected chi connectivity index (χ3v) is 11.7. The number of aliphatic hydroxyl groups is 2. The van der Waals surface area contributed by atoms with Crippen LogP contribution in [0.5, 0.6) is 23.0 Å². The molecule has 2 aliphatic carbocycles. The Morgan fingerprint density at radius 1 is 0.983 bits per heavy atom. The third-order valence-electron chi connectivity index (χ3n) is 11.7. The maximum absolute atomic E-state index is 14.5. The van der Waals surface area contributed by atoms with E-state index in [1.807, 2.05) is 42.5 Å². The molecule has 0 bridgehead atoms. The van der Waals surface area contributed by atoms with Gasteiger partial charge >= 0.3 is 6.09 Å². The van der Waals surface area contributed by atoms with Crippen LogP contribution in [0.3, 0.4) is 0 Å². The fourth-order valence-corrected chi connectivity index (χ4v) is 9.19. The van der Waals surface area contributed by atoms with Gasteiger partial charge in [0.2, 0.25) is 12.6 Å². The quantitative estimate of drug-likeness (QED) is 0.0760. The van der Waals surface area contributed by atoms with Crippen LogP contribution >= 0.6 is 0 Å². The van der Waals surface area contributed by atoms with Gasteiger partial charge in [0.15, 0.2) is 11.5 Å². The van der Waals surface area contributed by atoms with Gasteiger partial charge in [0.1, 0.15) is 24.7 Å². The fourth-order valence-electron chi connectivity index (χ4n) is 9.19. The Bertz CT molecular complexity index is 2000. The van der Waals surface area contributed by atoms with E-state index in [0.29, 0.717) is 53.7 Å². The minimum absolute atomic E-state index is 0.00733. The van der Waals surface area contributed by atoms with Gasteiger partial charge in [-0.25, -0.2) is 4.79 Å². The van der Waals surface area contributed by atoms with Gasteiger partial charge in [0, 0.05) is 50.3 Å². The van der Waals surface area contributed by atoms with Crippen molar-refractivity contribution in [3.8, 4) is 23.0 Å². The molecule has 7 rings (SSSR count). The van der Waals surface area contributed by atoms with E-state index in [1.54, 1.807) is 42.3 Å². The zero-order valence-electron chi connectivity index (χ0n) is 33.1. The van der Waals surface area contributed by atoms with Gasteiger partial charge < -0.3 is 49.0 Å². The van der Waals surface area contributed by atoms with Crippen LogP contribution in [0.1, 0.15) is 72.3 Å². The predicted molar refractivity (Wildman–Crippen MR) is 216 cm³/mol. The monoisotopic (exact) mass is 795 g/mol. The van der Waals surface area contributed by atoms with E-state index >= 15 is 0 Å². The minimum Gasteiger partial charge on any atom is -0.459 e. The number of unbranched alkanes of at least 4 members (excludes halogenated alkanes) is 2. The molecule has 2 aliphatic heterocycles. The van der Waals surface area contributed by atoms with Crippen LogP contribution in [-0.4, -0.2) is 85.4 Å². The van der Waals surface area contributed by atoms with Crippen molar-refractivity contribution in [1.29, 1.82) is 0 Å². The average Bonchev–Trinajstić information content (AvgIpc) is 3.72. The normalized spacial score (nSPS) is 24.4. The number of carbonyl (C=O) groups excluding carboxylic acids is 2. The first-order chi connectivity index (χ1) is 28.3. The van der Waals surface area contributed by atoms with Crippen molar-refractivity contribution < 1.29 is 48.3 Å². The maximum Gasteiger partial charge on any atom is 0.412 e. The third kappa shape index (κ3) is 8.29. The van der Waals surface area contributed by atoms with E-state index in [4.69, 9.17) is 28.5 Å². The summed E-state index contributed by atoms with van der Waals surface area (Å²) in [5.74, 6) is -0.462. The number of fused-ring (bicyclic) bond motifs is 3. The molecule has 13 nitrogen and oxygen atoms in total. The zero-order chi connectivity index (χ0) is 40.6. The molecule has 3 N–H and O–H groups in total. The van der Waals surface area contributed by atoms with E-state index in [-0.39, 0.29) is 56.7 Å². The lowest BCUT2D eigenvalue weighted by Crippen LogP contribution is -2.69. The van der Waals surface area contributed by atoms with Gasteiger partial charge in [-0.1, -0.05) is 60.5 Å². The Morgan fingerprint density at radius 3 is 2.50 bits per heavy atom. The number of oxime groups is 1. The predicted octanol–water partition coefficient (Wildman–Crippen LogP) is 6.74. The number of amides is 2. The number of benzene rings is 3. The fraction of sp³-hybridized carbons (Fsp3) is 0.444. The molecule has 0 radical (unpaired) electrons. The summed E-state index contributed by atoms with van der Waals surface area (Å²) in [5.41, 5.74) is 3.76. The van der Waals surface area contributed by atoms with Crippen molar-refractivity contribution in [2.45, 2.75) is 69.2 Å². The van der Waals surface area contributed by atoms with Crippen molar-refractivity contribution in [2.24, 2.45) is 22.9 Å². The second-order valence-electron chi connectivity index (χ2n) is 15.2. The molecular weight excluding hydrogens is 743 g/mol. The van der Waals surface area contributed by atoms with Crippen LogP contribution in [0.2, 0.25) is 0 Å². The zero-order valence-corrected chi connectivity index (χ0v) is 33.1. The number of carbonyl (C=O) groups is 2. The second-order valence-corrected chi connectivity index (χ2v) is 15.2. The molecule has 58 heavy (non-hydrogen) atoms. The molecule has 0 aromatic heterocycles. The lowest BCUT2D eigenvalue weighted by Gasteiger charge is -2.59. The van der Waals surface area contributed by atoms with E-state index in [2.05, 4.69) is 23.1 Å². The standard InChI is InChI=1S/C45H53N3O10/c1-4-22-56-45-40(48(2)43(51)31-16-18-38-39(24-31)55-28-54-38)26-36(47-53-3)34-23-30(14-8-10-20-49)33(15-9-11-21-50)41(42(34)45)35-25-32(17-19-37(35)58-45)57-44(52)46-27-29-12-6-5-7-13-29/h4-7,12-13,16-19,23-25,30,33,40-42,49-50H,1,8-11,14-15,20-22,26-28H2,2-3H3,(H,46,52). The van der Waals surface area contributed by atoms with Gasteiger partial charge in [-0.2, -0.15) is 0 Å². The summed E-state index contributed by atoms with van der Waals surface area (Å²) in [6.07, 6.45) is 8.04. The minimum atomic E-state index is -1.42. The molecule has 2 amide bonds. The first-order valence-electron chi connectivity index (χ1n) is 20.1. The van der Waals surface area contributed by atoms with Crippen molar-refractivity contribution in [1.82, 2.24) is 10.2 Å². The van der Waals surface area contributed by atoms with Crippen LogP contribution in [0.25, 0.3) is 0 Å². The molecule has 13 heteroatoms. The molecule has 308 valence electrons. The smallest absolute Gasteiger partial charge is 0.412 e. The molecule has 3 aromatic rings. The molecule has 4 aliphatic rings. The first-order valence-corrected chi connectivity index (χ1v) is 20.1. The van der Waals surface area contributed by atoms with Gasteiger partial charge in [0.05, 0.1) is 18.2 Å². The summed E-state index contributed by atoms with van der Waals surface area (Å²) in [6, 6.07) is 19.4. The van der Waals surface area contributed by atoms with Crippen LogP contribution in [0, 0.1) is 17.8 Å². The van der Waals surface area contributed by atoms with E-state index in [1.165, 1.54) is 7.11 Å². The highest BCUT2D eigenvalue weighted by Crippen LogP contribution is 2.62. The van der Waals surface area contributed by atoms with Gasteiger partial charge in [-0.3, -0.25) is 4.79 Å². The number of likely N-dealkylation sites (N-methyl/N-ethyl adjacent to an activating group) is 1. The summed E-state index contributed by atoms with van der Waals surface area (Å²) >= 11 is 0. The lowest BCUT2D eigenvalue weighted by atomic mass is 9.55. The molecule has 2 heterocycles. The second kappa shape index (κ2) is 18.5. The molecule has 0 saturated heterocycles. The Kier molecular flexibility index (Phi) is 13.0. The average molecular weight is 796 g/mol. The topological polar surface area (TPSA) is 158 Å². The largest absolute Gasteiger partial charge is 0.459 e. The van der Waals surface area contributed by atoms with Gasteiger partial charge in [0.25, 0.3) is 5.91 Å². The Hall–Kier alpha value is -5.37. The van der Waals surface area contributed by atoms with Crippen LogP contribution < -0.4 is 24.3 Å². The molecule has 1 fully saturated rings.